The van der Waals surface area contributed by atoms with E-state index in [2.05, 4.69) is 46.7 Å². The zero-order chi connectivity index (χ0) is 18.0. The van der Waals surface area contributed by atoms with Crippen LogP contribution in [0, 0.1) is 18.3 Å². The third kappa shape index (κ3) is 3.54. The number of likely N-dealkylation sites (tertiary alicyclic amines) is 1. The summed E-state index contributed by atoms with van der Waals surface area (Å²) in [5, 5.41) is 6.79. The predicted octanol–water partition coefficient (Wildman–Crippen LogP) is 3.03. The number of nitrogens with one attached hydrogen (secondary N) is 2. The molecule has 1 amide bonds. The molecule has 4 rings (SSSR count). The Bertz CT molecular complexity index is 617. The zero-order valence-corrected chi connectivity index (χ0v) is 16.1. The highest BCUT2D eigenvalue weighted by Crippen LogP contribution is 2.51. The van der Waals surface area contributed by atoms with Crippen molar-refractivity contribution in [3.63, 3.8) is 0 Å². The summed E-state index contributed by atoms with van der Waals surface area (Å²) >= 11 is 0. The van der Waals surface area contributed by atoms with E-state index in [0.717, 1.165) is 32.7 Å². The Morgan fingerprint density at radius 1 is 1.19 bits per heavy atom. The van der Waals surface area contributed by atoms with E-state index in [1.165, 1.54) is 49.7 Å². The van der Waals surface area contributed by atoms with Gasteiger partial charge in [-0.15, -0.1) is 0 Å². The second-order valence-corrected chi connectivity index (χ2v) is 8.64. The largest absolute Gasteiger partial charge is 0.354 e. The van der Waals surface area contributed by atoms with Crippen molar-refractivity contribution in [1.29, 1.82) is 0 Å². The van der Waals surface area contributed by atoms with Crippen molar-refractivity contribution in [3.05, 3.63) is 35.4 Å². The minimum atomic E-state index is 0.155. The standard InChI is InChI=1S/C22H33N3O/c1-17-5-7-18(8-6-17)20(25-13-2-3-14-25)16-24-21(26)19-15-23-12-11-22(19)9-4-10-22/h5-8,19-20,23H,2-4,9-16H2,1H3,(H,24,26). The van der Waals surface area contributed by atoms with Crippen LogP contribution in [0.15, 0.2) is 24.3 Å². The summed E-state index contributed by atoms with van der Waals surface area (Å²) in [6, 6.07) is 9.15. The Hall–Kier alpha value is -1.39. The lowest BCUT2D eigenvalue weighted by molar-refractivity contribution is -0.134. The third-order valence-corrected chi connectivity index (χ3v) is 7.07. The smallest absolute Gasteiger partial charge is 0.225 e. The second-order valence-electron chi connectivity index (χ2n) is 8.64. The average Bonchev–Trinajstić information content (AvgIpc) is 3.16. The Morgan fingerprint density at radius 3 is 2.58 bits per heavy atom. The molecule has 1 aromatic carbocycles. The molecule has 0 radical (unpaired) electrons. The van der Waals surface area contributed by atoms with Crippen LogP contribution >= 0.6 is 0 Å². The molecular formula is C22H33N3O. The molecule has 1 spiro atoms. The van der Waals surface area contributed by atoms with Gasteiger partial charge in [-0.2, -0.15) is 0 Å². The van der Waals surface area contributed by atoms with Crippen LogP contribution in [-0.4, -0.2) is 43.5 Å². The van der Waals surface area contributed by atoms with E-state index in [9.17, 15) is 4.79 Å². The molecule has 3 fully saturated rings. The molecule has 142 valence electrons. The lowest BCUT2D eigenvalue weighted by atomic mass is 9.57. The Balaban J connectivity index is 1.44. The van der Waals surface area contributed by atoms with Crippen molar-refractivity contribution in [2.75, 3.05) is 32.7 Å². The van der Waals surface area contributed by atoms with Crippen LogP contribution in [0.2, 0.25) is 0 Å². The normalized spacial score (nSPS) is 26.4. The van der Waals surface area contributed by atoms with Gasteiger partial charge in [-0.05, 0) is 69.6 Å². The number of carbonyl (C=O) groups excluding carboxylic acids is 1. The highest BCUT2D eigenvalue weighted by Gasteiger charge is 2.48. The number of hydrogen-bond acceptors (Lipinski definition) is 3. The summed E-state index contributed by atoms with van der Waals surface area (Å²) in [5.74, 6) is 0.426. The number of hydrogen-bond donors (Lipinski definition) is 2. The maximum absolute atomic E-state index is 13.0. The van der Waals surface area contributed by atoms with Crippen molar-refractivity contribution in [1.82, 2.24) is 15.5 Å². The fourth-order valence-electron chi connectivity index (χ4n) is 5.19. The molecule has 1 aromatic rings. The number of rotatable bonds is 5. The van der Waals surface area contributed by atoms with E-state index >= 15 is 0 Å². The molecule has 2 aliphatic heterocycles. The quantitative estimate of drug-likeness (QED) is 0.853. The highest BCUT2D eigenvalue weighted by molar-refractivity contribution is 5.80. The fourth-order valence-corrected chi connectivity index (χ4v) is 5.19. The van der Waals surface area contributed by atoms with Crippen LogP contribution in [0.3, 0.4) is 0 Å². The van der Waals surface area contributed by atoms with Gasteiger partial charge in [-0.25, -0.2) is 0 Å². The monoisotopic (exact) mass is 355 g/mol. The van der Waals surface area contributed by atoms with Gasteiger partial charge in [0.15, 0.2) is 0 Å². The fraction of sp³-hybridized carbons (Fsp3) is 0.682. The Kier molecular flexibility index (Phi) is 5.32. The van der Waals surface area contributed by atoms with Crippen LogP contribution < -0.4 is 10.6 Å². The maximum atomic E-state index is 13.0. The number of piperidine rings is 1. The van der Waals surface area contributed by atoms with Gasteiger partial charge in [-0.3, -0.25) is 9.69 Å². The second kappa shape index (κ2) is 7.69. The molecule has 2 atom stereocenters. The van der Waals surface area contributed by atoms with Crippen LogP contribution in [0.1, 0.15) is 55.7 Å². The molecule has 2 N–H and O–H groups in total. The molecular weight excluding hydrogens is 322 g/mol. The van der Waals surface area contributed by atoms with Crippen molar-refractivity contribution in [2.24, 2.45) is 11.3 Å². The average molecular weight is 356 g/mol. The number of aryl methyl sites for hydroxylation is 1. The third-order valence-electron chi connectivity index (χ3n) is 7.07. The molecule has 1 aliphatic carbocycles. The molecule has 0 aromatic heterocycles. The lowest BCUT2D eigenvalue weighted by Crippen LogP contribution is -2.55. The molecule has 2 saturated heterocycles. The van der Waals surface area contributed by atoms with Crippen LogP contribution in [-0.2, 0) is 4.79 Å². The molecule has 4 nitrogen and oxygen atoms in total. The molecule has 2 unspecified atom stereocenters. The van der Waals surface area contributed by atoms with Gasteiger partial charge in [-0.1, -0.05) is 36.2 Å². The van der Waals surface area contributed by atoms with E-state index in [-0.39, 0.29) is 11.8 Å². The Labute approximate surface area is 157 Å². The topological polar surface area (TPSA) is 44.4 Å². The van der Waals surface area contributed by atoms with Crippen molar-refractivity contribution >= 4 is 5.91 Å². The number of amides is 1. The Morgan fingerprint density at radius 2 is 1.92 bits per heavy atom. The molecule has 0 bridgehead atoms. The lowest BCUT2D eigenvalue weighted by Gasteiger charge is -2.50. The molecule has 26 heavy (non-hydrogen) atoms. The highest BCUT2D eigenvalue weighted by atomic mass is 16.2. The van der Waals surface area contributed by atoms with E-state index in [0.29, 0.717) is 11.5 Å². The zero-order valence-electron chi connectivity index (χ0n) is 16.1. The number of nitrogens with zero attached hydrogens (tertiary/aromatic N) is 1. The van der Waals surface area contributed by atoms with Crippen molar-refractivity contribution < 1.29 is 4.79 Å². The molecule has 1 saturated carbocycles. The van der Waals surface area contributed by atoms with Gasteiger partial charge in [0.2, 0.25) is 5.91 Å². The first-order chi connectivity index (χ1) is 12.7. The molecule has 3 aliphatic rings. The van der Waals surface area contributed by atoms with Gasteiger partial charge in [0.1, 0.15) is 0 Å². The summed E-state index contributed by atoms with van der Waals surface area (Å²) in [7, 11) is 0. The summed E-state index contributed by atoms with van der Waals surface area (Å²) in [6.07, 6.45) is 7.47. The van der Waals surface area contributed by atoms with E-state index in [1.807, 2.05) is 0 Å². The van der Waals surface area contributed by atoms with Crippen molar-refractivity contribution in [2.45, 2.75) is 51.5 Å². The van der Waals surface area contributed by atoms with Crippen LogP contribution in [0.25, 0.3) is 0 Å². The van der Waals surface area contributed by atoms with Gasteiger partial charge >= 0.3 is 0 Å². The maximum Gasteiger partial charge on any atom is 0.225 e. The van der Waals surface area contributed by atoms with E-state index < -0.39 is 0 Å². The van der Waals surface area contributed by atoms with Gasteiger partial charge in [0.05, 0.1) is 12.0 Å². The van der Waals surface area contributed by atoms with Crippen molar-refractivity contribution in [3.8, 4) is 0 Å². The minimum Gasteiger partial charge on any atom is -0.354 e. The minimum absolute atomic E-state index is 0.155. The summed E-state index contributed by atoms with van der Waals surface area (Å²) in [5.41, 5.74) is 2.92. The summed E-state index contributed by atoms with van der Waals surface area (Å²) in [4.78, 5) is 15.6. The number of carbonyl (C=O) groups is 1. The number of benzene rings is 1. The molecule has 4 heteroatoms. The van der Waals surface area contributed by atoms with Crippen LogP contribution in [0.4, 0.5) is 0 Å². The molecule has 2 heterocycles. The predicted molar refractivity (Wildman–Crippen MR) is 105 cm³/mol. The first-order valence-electron chi connectivity index (χ1n) is 10.5. The van der Waals surface area contributed by atoms with Gasteiger partial charge < -0.3 is 10.6 Å². The van der Waals surface area contributed by atoms with Gasteiger partial charge in [0.25, 0.3) is 0 Å². The van der Waals surface area contributed by atoms with Gasteiger partial charge in [0, 0.05) is 13.1 Å². The van der Waals surface area contributed by atoms with E-state index in [4.69, 9.17) is 0 Å². The first-order valence-corrected chi connectivity index (χ1v) is 10.5. The SMILES string of the molecule is Cc1ccc(C(CNC(=O)C2CNCCC23CCC3)N2CCCC2)cc1. The summed E-state index contributed by atoms with van der Waals surface area (Å²) < 4.78 is 0. The van der Waals surface area contributed by atoms with E-state index in [1.54, 1.807) is 0 Å². The summed E-state index contributed by atoms with van der Waals surface area (Å²) in [6.45, 7) is 7.07. The van der Waals surface area contributed by atoms with Crippen LogP contribution in [0.5, 0.6) is 0 Å². The first kappa shape index (κ1) is 18.0.